The summed E-state index contributed by atoms with van der Waals surface area (Å²) in [5.74, 6) is 0.917. The van der Waals surface area contributed by atoms with E-state index in [0.717, 1.165) is 26.9 Å². The number of aromatic nitrogens is 2. The highest BCUT2D eigenvalue weighted by molar-refractivity contribution is 8.01. The minimum Gasteiger partial charge on any atom is -0.294 e. The highest BCUT2D eigenvalue weighted by atomic mass is 32.2. The number of rotatable bonds is 4. The molecule has 27 heavy (non-hydrogen) atoms. The van der Waals surface area contributed by atoms with Crippen molar-refractivity contribution < 1.29 is 9.59 Å². The van der Waals surface area contributed by atoms with E-state index >= 15 is 0 Å². The van der Waals surface area contributed by atoms with Gasteiger partial charge in [-0.15, -0.1) is 10.2 Å². The van der Waals surface area contributed by atoms with Crippen LogP contribution in [0.3, 0.4) is 0 Å². The molecule has 5 nitrogen and oxygen atoms in total. The van der Waals surface area contributed by atoms with E-state index in [0.29, 0.717) is 24.4 Å². The zero-order valence-electron chi connectivity index (χ0n) is 15.5. The Balaban J connectivity index is 1.84. The number of thioether (sulfide) groups is 1. The van der Waals surface area contributed by atoms with Crippen LogP contribution in [0.5, 0.6) is 0 Å². The van der Waals surface area contributed by atoms with Crippen molar-refractivity contribution in [2.45, 2.75) is 50.3 Å². The molecule has 8 heteroatoms. The first-order valence-electron chi connectivity index (χ1n) is 8.97. The Labute approximate surface area is 170 Å². The van der Waals surface area contributed by atoms with Crippen molar-refractivity contribution in [3.8, 4) is 0 Å². The fourth-order valence-corrected chi connectivity index (χ4v) is 6.37. The number of hydrogen-bond acceptors (Lipinski definition) is 7. The van der Waals surface area contributed by atoms with Crippen molar-refractivity contribution in [3.63, 3.8) is 0 Å². The average Bonchev–Trinajstić information content (AvgIpc) is 3.25. The molecule has 1 amide bonds. The number of hydrogen-bond donors (Lipinski definition) is 0. The number of carbonyl (C=O) groups excluding carboxylic acids is 2. The monoisotopic (exact) mass is 419 g/mol. The lowest BCUT2D eigenvalue weighted by atomic mass is 9.69. The van der Waals surface area contributed by atoms with Crippen LogP contribution < -0.4 is 4.90 Å². The molecule has 0 saturated carbocycles. The largest absolute Gasteiger partial charge is 0.294 e. The number of amides is 1. The van der Waals surface area contributed by atoms with E-state index < -0.39 is 0 Å². The normalized spacial score (nSPS) is 22.3. The third-order valence-electron chi connectivity index (χ3n) is 4.94. The van der Waals surface area contributed by atoms with Crippen molar-refractivity contribution in [3.05, 3.63) is 33.7 Å². The maximum absolute atomic E-state index is 13.2. The fourth-order valence-electron chi connectivity index (χ4n) is 3.87. The summed E-state index contributed by atoms with van der Waals surface area (Å²) in [5.41, 5.74) is 2.52. The lowest BCUT2D eigenvalue weighted by Gasteiger charge is -2.41. The van der Waals surface area contributed by atoms with Crippen molar-refractivity contribution in [2.75, 3.05) is 10.7 Å². The Morgan fingerprint density at radius 2 is 2.11 bits per heavy atom. The van der Waals surface area contributed by atoms with Gasteiger partial charge in [0.15, 0.2) is 10.1 Å². The molecule has 0 unspecified atom stereocenters. The maximum Gasteiger partial charge on any atom is 0.234 e. The van der Waals surface area contributed by atoms with E-state index in [-0.39, 0.29) is 23.0 Å². The number of thiophene rings is 1. The predicted octanol–water partition coefficient (Wildman–Crippen LogP) is 4.88. The number of ketones is 1. The highest BCUT2D eigenvalue weighted by Gasteiger charge is 2.45. The zero-order valence-corrected chi connectivity index (χ0v) is 18.0. The highest BCUT2D eigenvalue weighted by Crippen LogP contribution is 2.48. The van der Waals surface area contributed by atoms with E-state index in [9.17, 15) is 9.59 Å². The van der Waals surface area contributed by atoms with Crippen molar-refractivity contribution in [1.29, 1.82) is 0 Å². The first-order chi connectivity index (χ1) is 12.9. The standard InChI is InChI=1S/C19H21N3O2S3/c1-4-26-18-21-20-17(27-18)22-13-8-19(2,3)9-14(23)16(13)12(7-15(22)24)11-5-6-25-10-11/h5-6,10,12H,4,7-9H2,1-3H3/t12-/m1/s1. The Kier molecular flexibility index (Phi) is 4.98. The van der Waals surface area contributed by atoms with Gasteiger partial charge in [-0.1, -0.05) is 43.9 Å². The molecule has 0 radical (unpaired) electrons. The molecule has 0 fully saturated rings. The second-order valence-corrected chi connectivity index (χ2v) is 10.9. The number of allylic oxidation sites excluding steroid dienone is 2. The summed E-state index contributed by atoms with van der Waals surface area (Å²) in [6, 6.07) is 2.02. The van der Waals surface area contributed by atoms with E-state index in [1.807, 2.05) is 16.8 Å². The van der Waals surface area contributed by atoms with Crippen LogP contribution in [0.2, 0.25) is 0 Å². The third kappa shape index (κ3) is 3.50. The van der Waals surface area contributed by atoms with Crippen LogP contribution in [-0.2, 0) is 9.59 Å². The summed E-state index contributed by atoms with van der Waals surface area (Å²) in [6.07, 6.45) is 1.51. The van der Waals surface area contributed by atoms with Gasteiger partial charge >= 0.3 is 0 Å². The molecule has 0 bridgehead atoms. The summed E-state index contributed by atoms with van der Waals surface area (Å²) >= 11 is 4.64. The smallest absolute Gasteiger partial charge is 0.234 e. The Morgan fingerprint density at radius 3 is 2.81 bits per heavy atom. The number of nitrogens with zero attached hydrogens (tertiary/aromatic N) is 3. The minimum absolute atomic E-state index is 0.000325. The van der Waals surface area contributed by atoms with Gasteiger partial charge in [-0.2, -0.15) is 11.3 Å². The number of anilines is 1. The van der Waals surface area contributed by atoms with E-state index in [1.54, 1.807) is 28.0 Å². The fraction of sp³-hybridized carbons (Fsp3) is 0.474. The zero-order chi connectivity index (χ0) is 19.2. The second kappa shape index (κ2) is 7.14. The summed E-state index contributed by atoms with van der Waals surface area (Å²) in [7, 11) is 0. The van der Waals surface area contributed by atoms with Gasteiger partial charge < -0.3 is 0 Å². The number of Topliss-reactive ketones (excluding diaryl/α,β-unsaturated/α-hetero) is 1. The Hall–Kier alpha value is -1.51. The molecule has 2 aromatic heterocycles. The van der Waals surface area contributed by atoms with Gasteiger partial charge in [-0.3, -0.25) is 14.5 Å². The molecule has 1 aliphatic heterocycles. The van der Waals surface area contributed by atoms with E-state index in [2.05, 4.69) is 31.0 Å². The molecule has 0 aromatic carbocycles. The summed E-state index contributed by atoms with van der Waals surface area (Å²) in [6.45, 7) is 6.24. The molecule has 142 valence electrons. The molecule has 4 rings (SSSR count). The average molecular weight is 420 g/mol. The molecule has 2 aliphatic rings. The van der Waals surface area contributed by atoms with E-state index in [4.69, 9.17) is 0 Å². The lowest BCUT2D eigenvalue weighted by molar-refractivity contribution is -0.121. The Morgan fingerprint density at radius 1 is 1.30 bits per heavy atom. The van der Waals surface area contributed by atoms with E-state index in [1.165, 1.54) is 11.3 Å². The van der Waals surface area contributed by atoms with Crippen molar-refractivity contribution in [2.24, 2.45) is 5.41 Å². The topological polar surface area (TPSA) is 63.2 Å². The third-order valence-corrected chi connectivity index (χ3v) is 7.57. The molecule has 0 saturated heterocycles. The van der Waals surface area contributed by atoms with Gasteiger partial charge in [-0.25, -0.2) is 0 Å². The second-order valence-electron chi connectivity index (χ2n) is 7.63. The van der Waals surface area contributed by atoms with Gasteiger partial charge in [0.2, 0.25) is 11.0 Å². The van der Waals surface area contributed by atoms with Gasteiger partial charge in [0.25, 0.3) is 0 Å². The summed E-state index contributed by atoms with van der Waals surface area (Å²) in [4.78, 5) is 27.9. The molecule has 0 spiro atoms. The van der Waals surface area contributed by atoms with Crippen LogP contribution in [0.1, 0.15) is 51.5 Å². The van der Waals surface area contributed by atoms with Crippen molar-refractivity contribution in [1.82, 2.24) is 10.2 Å². The van der Waals surface area contributed by atoms with Gasteiger partial charge in [0.1, 0.15) is 0 Å². The predicted molar refractivity (Wildman–Crippen MR) is 111 cm³/mol. The van der Waals surface area contributed by atoms with Crippen LogP contribution >= 0.6 is 34.4 Å². The number of carbonyl (C=O) groups is 2. The first kappa shape index (κ1) is 18.8. The SMILES string of the molecule is CCSc1nnc(N2C(=O)C[C@H](c3ccsc3)C3=C2CC(C)(C)CC3=O)s1. The molecule has 3 heterocycles. The van der Waals surface area contributed by atoms with Gasteiger partial charge in [0, 0.05) is 30.0 Å². The summed E-state index contributed by atoms with van der Waals surface area (Å²) in [5, 5.41) is 13.1. The van der Waals surface area contributed by atoms with Crippen LogP contribution in [0, 0.1) is 5.41 Å². The molecular weight excluding hydrogens is 398 g/mol. The summed E-state index contributed by atoms with van der Waals surface area (Å²) < 4.78 is 0.851. The van der Waals surface area contributed by atoms with Gasteiger partial charge in [-0.05, 0) is 40.0 Å². The van der Waals surface area contributed by atoms with Crippen LogP contribution in [0.25, 0.3) is 0 Å². The Bertz CT molecular complexity index is 915. The molecule has 1 atom stereocenters. The first-order valence-corrected chi connectivity index (χ1v) is 11.7. The van der Waals surface area contributed by atoms with Crippen LogP contribution in [0.15, 0.2) is 32.4 Å². The maximum atomic E-state index is 13.2. The molecular formula is C19H21N3O2S3. The van der Waals surface area contributed by atoms with Gasteiger partial charge in [0.05, 0.1) is 0 Å². The van der Waals surface area contributed by atoms with Crippen molar-refractivity contribution >= 4 is 51.3 Å². The van der Waals surface area contributed by atoms with Crippen LogP contribution in [0.4, 0.5) is 5.13 Å². The quantitative estimate of drug-likeness (QED) is 0.522. The lowest BCUT2D eigenvalue weighted by Crippen LogP contribution is -2.43. The molecule has 1 aliphatic carbocycles. The van der Waals surface area contributed by atoms with Crippen LogP contribution in [-0.4, -0.2) is 27.6 Å². The minimum atomic E-state index is -0.170. The molecule has 2 aromatic rings. The molecule has 0 N–H and O–H groups in total.